The number of benzene rings is 2. The number of pyridine rings is 1. The number of hydrogen-bond donors (Lipinski definition) is 1. The fourth-order valence-electron chi connectivity index (χ4n) is 2.32. The van der Waals surface area contributed by atoms with Crippen LogP contribution in [0, 0.1) is 11.3 Å². The summed E-state index contributed by atoms with van der Waals surface area (Å²) in [5.74, 6) is 0. The van der Waals surface area contributed by atoms with Crippen LogP contribution in [0.1, 0.15) is 5.56 Å². The van der Waals surface area contributed by atoms with E-state index in [4.69, 9.17) is 11.6 Å². The largest absolute Gasteiger partial charge is 0.321 e. The summed E-state index contributed by atoms with van der Waals surface area (Å²) < 4.78 is 0.860. The molecule has 0 aliphatic carbocycles. The molecule has 0 spiro atoms. The van der Waals surface area contributed by atoms with Crippen LogP contribution in [-0.4, -0.2) is 4.98 Å². The van der Waals surface area contributed by atoms with E-state index in [1.165, 1.54) is 0 Å². The number of fused-ring (bicyclic) bond motifs is 1. The molecule has 0 aliphatic rings. The minimum Gasteiger partial charge on any atom is -0.321 e. The normalized spacial score (nSPS) is 10.5. The molecule has 1 N–H and O–H groups in total. The van der Waals surface area contributed by atoms with Crippen molar-refractivity contribution in [2.45, 2.75) is 0 Å². The molecular weight excluding hydrogens is 352 g/mol. The Morgan fingerprint density at radius 1 is 1.19 bits per heavy atom. The van der Waals surface area contributed by atoms with Gasteiger partial charge in [0.1, 0.15) is 11.6 Å². The lowest BCUT2D eigenvalue weighted by Crippen LogP contribution is -2.12. The molecule has 0 saturated carbocycles. The number of nitriles is 1. The molecule has 2 aromatic carbocycles. The van der Waals surface area contributed by atoms with Gasteiger partial charge in [-0.15, -0.1) is 0 Å². The van der Waals surface area contributed by atoms with E-state index in [9.17, 15) is 10.1 Å². The van der Waals surface area contributed by atoms with Crippen LogP contribution in [0.2, 0.25) is 5.02 Å². The van der Waals surface area contributed by atoms with Gasteiger partial charge in [-0.25, -0.2) is 0 Å². The van der Waals surface area contributed by atoms with E-state index in [-0.39, 0.29) is 5.56 Å². The van der Waals surface area contributed by atoms with E-state index < -0.39 is 5.56 Å². The molecule has 3 aromatic rings. The number of H-pyrrole nitrogens is 1. The quantitative estimate of drug-likeness (QED) is 0.696. The van der Waals surface area contributed by atoms with Gasteiger partial charge in [0.15, 0.2) is 0 Å². The second-order valence-electron chi connectivity index (χ2n) is 4.49. The molecule has 0 radical (unpaired) electrons. The molecule has 3 nitrogen and oxygen atoms in total. The maximum atomic E-state index is 12.1. The zero-order valence-electron chi connectivity index (χ0n) is 10.7. The molecular formula is C16H8BrClN2O. The Balaban J connectivity index is 2.56. The molecule has 102 valence electrons. The first kappa shape index (κ1) is 13.9. The Kier molecular flexibility index (Phi) is 3.54. The molecule has 0 atom stereocenters. The van der Waals surface area contributed by atoms with Crippen LogP contribution >= 0.6 is 27.5 Å². The van der Waals surface area contributed by atoms with Crippen molar-refractivity contribution < 1.29 is 0 Å². The lowest BCUT2D eigenvalue weighted by Gasteiger charge is -2.10. The number of aromatic amines is 1. The van der Waals surface area contributed by atoms with Gasteiger partial charge in [0.05, 0.1) is 0 Å². The highest BCUT2D eigenvalue weighted by molar-refractivity contribution is 9.10. The van der Waals surface area contributed by atoms with Gasteiger partial charge in [-0.05, 0) is 24.3 Å². The topological polar surface area (TPSA) is 56.6 Å². The molecule has 0 unspecified atom stereocenters. The molecule has 5 heteroatoms. The average Bonchev–Trinajstić information content (AvgIpc) is 2.47. The van der Waals surface area contributed by atoms with Gasteiger partial charge in [-0.2, -0.15) is 5.26 Å². The second-order valence-corrected chi connectivity index (χ2v) is 5.81. The molecule has 21 heavy (non-hydrogen) atoms. The first-order valence-electron chi connectivity index (χ1n) is 6.12. The Hall–Kier alpha value is -2.09. The van der Waals surface area contributed by atoms with Crippen molar-refractivity contribution in [2.24, 2.45) is 0 Å². The highest BCUT2D eigenvalue weighted by atomic mass is 79.9. The van der Waals surface area contributed by atoms with Crippen molar-refractivity contribution >= 4 is 38.4 Å². The Bertz CT molecular complexity index is 957. The third kappa shape index (κ3) is 2.35. The van der Waals surface area contributed by atoms with E-state index in [2.05, 4.69) is 20.9 Å². The van der Waals surface area contributed by atoms with Crippen LogP contribution in [0.3, 0.4) is 0 Å². The van der Waals surface area contributed by atoms with Crippen molar-refractivity contribution in [3.63, 3.8) is 0 Å². The van der Waals surface area contributed by atoms with Crippen molar-refractivity contribution in [3.05, 3.63) is 67.9 Å². The molecule has 3 rings (SSSR count). The van der Waals surface area contributed by atoms with E-state index >= 15 is 0 Å². The van der Waals surface area contributed by atoms with Gasteiger partial charge >= 0.3 is 0 Å². The maximum Gasteiger partial charge on any atom is 0.266 e. The van der Waals surface area contributed by atoms with E-state index in [0.717, 1.165) is 9.86 Å². The molecule has 1 aromatic heterocycles. The molecule has 0 amide bonds. The summed E-state index contributed by atoms with van der Waals surface area (Å²) in [6.45, 7) is 0. The Morgan fingerprint density at radius 3 is 2.67 bits per heavy atom. The van der Waals surface area contributed by atoms with Crippen LogP contribution in [0.25, 0.3) is 22.0 Å². The van der Waals surface area contributed by atoms with E-state index in [0.29, 0.717) is 21.7 Å². The predicted molar refractivity (Wildman–Crippen MR) is 87.4 cm³/mol. The minimum atomic E-state index is -0.415. The van der Waals surface area contributed by atoms with Crippen molar-refractivity contribution in [1.29, 1.82) is 5.26 Å². The monoisotopic (exact) mass is 358 g/mol. The summed E-state index contributed by atoms with van der Waals surface area (Å²) in [4.78, 5) is 14.8. The first-order chi connectivity index (χ1) is 10.1. The fraction of sp³-hybridized carbons (Fsp3) is 0. The van der Waals surface area contributed by atoms with Gasteiger partial charge in [0, 0.05) is 31.5 Å². The van der Waals surface area contributed by atoms with Crippen LogP contribution in [0.15, 0.2) is 51.7 Å². The highest BCUT2D eigenvalue weighted by Gasteiger charge is 2.16. The standard InChI is InChI=1S/C16H8BrClN2O/c17-9-5-6-14-11(7-9)15(12(8-19)16(21)20-14)10-3-1-2-4-13(10)18/h1-7H,(H,20,21). The molecule has 1 heterocycles. The van der Waals surface area contributed by atoms with Gasteiger partial charge in [-0.3, -0.25) is 4.79 Å². The first-order valence-corrected chi connectivity index (χ1v) is 7.29. The molecule has 0 saturated heterocycles. The lowest BCUT2D eigenvalue weighted by molar-refractivity contribution is 1.27. The Labute approximate surface area is 133 Å². The lowest BCUT2D eigenvalue weighted by atomic mass is 9.97. The van der Waals surface area contributed by atoms with Crippen LogP contribution < -0.4 is 5.56 Å². The fourth-order valence-corrected chi connectivity index (χ4v) is 2.91. The molecule has 0 aliphatic heterocycles. The third-order valence-electron chi connectivity index (χ3n) is 3.23. The van der Waals surface area contributed by atoms with Crippen molar-refractivity contribution in [2.75, 3.05) is 0 Å². The maximum absolute atomic E-state index is 12.1. The highest BCUT2D eigenvalue weighted by Crippen LogP contribution is 2.35. The van der Waals surface area contributed by atoms with Crippen LogP contribution in [-0.2, 0) is 0 Å². The van der Waals surface area contributed by atoms with Gasteiger partial charge in [0.25, 0.3) is 5.56 Å². The predicted octanol–water partition coefficient (Wildman–Crippen LogP) is 4.48. The van der Waals surface area contributed by atoms with Gasteiger partial charge < -0.3 is 4.98 Å². The summed E-state index contributed by atoms with van der Waals surface area (Å²) in [6, 6.07) is 14.7. The number of nitrogens with zero attached hydrogens (tertiary/aromatic N) is 1. The summed E-state index contributed by atoms with van der Waals surface area (Å²) in [5, 5.41) is 10.6. The van der Waals surface area contributed by atoms with Crippen LogP contribution in [0.4, 0.5) is 0 Å². The third-order valence-corrected chi connectivity index (χ3v) is 4.05. The van der Waals surface area contributed by atoms with Gasteiger partial charge in [-0.1, -0.05) is 45.7 Å². The second kappa shape index (κ2) is 5.36. The zero-order chi connectivity index (χ0) is 15.0. The number of nitrogens with one attached hydrogen (secondary N) is 1. The summed E-state index contributed by atoms with van der Waals surface area (Å²) in [7, 11) is 0. The smallest absolute Gasteiger partial charge is 0.266 e. The Morgan fingerprint density at radius 2 is 1.95 bits per heavy atom. The van der Waals surface area contributed by atoms with Crippen molar-refractivity contribution in [1.82, 2.24) is 4.98 Å². The number of halogens is 2. The van der Waals surface area contributed by atoms with Gasteiger partial charge in [0.2, 0.25) is 0 Å². The minimum absolute atomic E-state index is 0.0636. The zero-order valence-corrected chi connectivity index (χ0v) is 13.0. The van der Waals surface area contributed by atoms with E-state index in [1.807, 2.05) is 30.3 Å². The number of hydrogen-bond acceptors (Lipinski definition) is 2. The van der Waals surface area contributed by atoms with Crippen LogP contribution in [0.5, 0.6) is 0 Å². The number of aromatic nitrogens is 1. The summed E-state index contributed by atoms with van der Waals surface area (Å²) >= 11 is 9.66. The number of rotatable bonds is 1. The molecule has 0 bridgehead atoms. The SMILES string of the molecule is N#Cc1c(-c2ccccc2Cl)c2cc(Br)ccc2[nH]c1=O. The van der Waals surface area contributed by atoms with Crippen molar-refractivity contribution in [3.8, 4) is 17.2 Å². The summed E-state index contributed by atoms with van der Waals surface area (Å²) in [6.07, 6.45) is 0. The van der Waals surface area contributed by atoms with E-state index in [1.54, 1.807) is 18.2 Å². The molecule has 0 fully saturated rings. The summed E-state index contributed by atoms with van der Waals surface area (Å²) in [5.41, 5.74) is 1.54. The average molecular weight is 360 g/mol.